The lowest BCUT2D eigenvalue weighted by Crippen LogP contribution is -3.06. The van der Waals surface area contributed by atoms with E-state index < -0.39 is 0 Å². The first-order valence-electron chi connectivity index (χ1n) is 3.78. The molecule has 0 aliphatic carbocycles. The van der Waals surface area contributed by atoms with E-state index in [1.54, 1.807) is 0 Å². The van der Waals surface area contributed by atoms with Crippen LogP contribution >= 0.6 is 11.8 Å². The summed E-state index contributed by atoms with van der Waals surface area (Å²) >= 11 is 2.02. The predicted molar refractivity (Wildman–Crippen MR) is 48.9 cm³/mol. The standard InChI is InChI=1S/C7H18N2S/c1-8-4-6-10-7-5-9(2)3/h8H,4-7H2,1-3H3/p+1. The van der Waals surface area contributed by atoms with E-state index in [1.165, 1.54) is 23.0 Å². The molecule has 0 spiro atoms. The Bertz CT molecular complexity index is 66.6. The van der Waals surface area contributed by atoms with Crippen LogP contribution < -0.4 is 10.2 Å². The minimum atomic E-state index is 1.13. The fraction of sp³-hybridized carbons (Fsp3) is 1.00. The summed E-state index contributed by atoms with van der Waals surface area (Å²) in [6.07, 6.45) is 0. The molecule has 0 saturated heterocycles. The second-order valence-corrected chi connectivity index (χ2v) is 3.90. The highest BCUT2D eigenvalue weighted by Gasteiger charge is 1.92. The van der Waals surface area contributed by atoms with Crippen LogP contribution in [0.15, 0.2) is 0 Å². The lowest BCUT2D eigenvalue weighted by atomic mass is 10.7. The summed E-state index contributed by atoms with van der Waals surface area (Å²) in [4.78, 5) is 1.54. The van der Waals surface area contributed by atoms with Crippen LogP contribution in [0, 0.1) is 0 Å². The molecular formula is C7H19N2S+. The molecule has 0 heterocycles. The van der Waals surface area contributed by atoms with E-state index in [1.807, 2.05) is 18.8 Å². The van der Waals surface area contributed by atoms with Crippen molar-refractivity contribution < 1.29 is 4.90 Å². The van der Waals surface area contributed by atoms with Gasteiger partial charge in [0.15, 0.2) is 0 Å². The number of thioether (sulfide) groups is 1. The minimum Gasteiger partial charge on any atom is -0.339 e. The highest BCUT2D eigenvalue weighted by Crippen LogP contribution is 1.93. The molecule has 62 valence electrons. The molecule has 2 nitrogen and oxygen atoms in total. The molecule has 0 rings (SSSR count). The Morgan fingerprint density at radius 1 is 1.30 bits per heavy atom. The maximum Gasteiger partial charge on any atom is 0.0858 e. The SMILES string of the molecule is CNCCSCC[NH+](C)C. The van der Waals surface area contributed by atoms with Crippen molar-refractivity contribution >= 4 is 11.8 Å². The van der Waals surface area contributed by atoms with Gasteiger partial charge in [0.25, 0.3) is 0 Å². The first-order valence-corrected chi connectivity index (χ1v) is 4.94. The minimum absolute atomic E-state index is 1.13. The molecule has 0 radical (unpaired) electrons. The van der Waals surface area contributed by atoms with Crippen molar-refractivity contribution in [3.63, 3.8) is 0 Å². The number of quaternary nitrogens is 1. The lowest BCUT2D eigenvalue weighted by molar-refractivity contribution is -0.855. The predicted octanol–water partition coefficient (Wildman–Crippen LogP) is -0.916. The molecule has 3 heteroatoms. The second-order valence-electron chi connectivity index (χ2n) is 2.67. The number of nitrogens with one attached hydrogen (secondary N) is 2. The van der Waals surface area contributed by atoms with Crippen molar-refractivity contribution in [2.45, 2.75) is 0 Å². The third-order valence-electron chi connectivity index (χ3n) is 1.24. The first kappa shape index (κ1) is 10.3. The van der Waals surface area contributed by atoms with Gasteiger partial charge >= 0.3 is 0 Å². The van der Waals surface area contributed by atoms with Crippen LogP contribution in [0.3, 0.4) is 0 Å². The summed E-state index contributed by atoms with van der Waals surface area (Å²) in [7, 11) is 6.38. The Balaban J connectivity index is 2.77. The van der Waals surface area contributed by atoms with Crippen LogP contribution in [-0.4, -0.2) is 45.7 Å². The summed E-state index contributed by atoms with van der Waals surface area (Å²) < 4.78 is 0. The van der Waals surface area contributed by atoms with Gasteiger partial charge in [0.1, 0.15) is 0 Å². The summed E-state index contributed by atoms with van der Waals surface area (Å²) in [5, 5.41) is 3.13. The number of hydrogen-bond donors (Lipinski definition) is 2. The Hall–Kier alpha value is 0.270. The third kappa shape index (κ3) is 8.27. The average Bonchev–Trinajstić information content (AvgIpc) is 1.87. The molecule has 0 aliphatic rings. The van der Waals surface area contributed by atoms with E-state index in [0.29, 0.717) is 0 Å². The zero-order valence-electron chi connectivity index (χ0n) is 7.24. The van der Waals surface area contributed by atoms with E-state index in [-0.39, 0.29) is 0 Å². The fourth-order valence-corrected chi connectivity index (χ4v) is 1.66. The maximum absolute atomic E-state index is 3.13. The molecular weight excluding hydrogens is 144 g/mol. The Morgan fingerprint density at radius 3 is 2.50 bits per heavy atom. The first-order chi connectivity index (χ1) is 4.77. The largest absolute Gasteiger partial charge is 0.339 e. The normalized spacial score (nSPS) is 10.8. The second kappa shape index (κ2) is 7.38. The molecule has 0 aromatic carbocycles. The molecule has 0 atom stereocenters. The zero-order valence-corrected chi connectivity index (χ0v) is 8.05. The molecule has 0 aromatic rings. The van der Waals surface area contributed by atoms with Gasteiger partial charge < -0.3 is 10.2 Å². The Kier molecular flexibility index (Phi) is 7.58. The van der Waals surface area contributed by atoms with Gasteiger partial charge in [0.05, 0.1) is 20.6 Å². The van der Waals surface area contributed by atoms with Crippen LogP contribution in [0.5, 0.6) is 0 Å². The van der Waals surface area contributed by atoms with Gasteiger partial charge in [-0.2, -0.15) is 11.8 Å². The van der Waals surface area contributed by atoms with Gasteiger partial charge in [-0.1, -0.05) is 0 Å². The molecule has 0 saturated carbocycles. The zero-order chi connectivity index (χ0) is 7.82. The van der Waals surface area contributed by atoms with E-state index in [9.17, 15) is 0 Å². The van der Waals surface area contributed by atoms with Gasteiger partial charge in [-0.25, -0.2) is 0 Å². The van der Waals surface area contributed by atoms with Crippen LogP contribution in [0.2, 0.25) is 0 Å². The van der Waals surface area contributed by atoms with Crippen LogP contribution in [0.25, 0.3) is 0 Å². The van der Waals surface area contributed by atoms with Gasteiger partial charge in [-0.05, 0) is 7.05 Å². The Morgan fingerprint density at radius 2 is 2.00 bits per heavy atom. The van der Waals surface area contributed by atoms with Crippen molar-refractivity contribution in [1.82, 2.24) is 5.32 Å². The molecule has 0 amide bonds. The van der Waals surface area contributed by atoms with Crippen molar-refractivity contribution in [2.24, 2.45) is 0 Å². The summed E-state index contributed by atoms with van der Waals surface area (Å²) in [6, 6.07) is 0. The fourth-order valence-electron chi connectivity index (χ4n) is 0.553. The van der Waals surface area contributed by atoms with Gasteiger partial charge in [-0.3, -0.25) is 0 Å². The molecule has 10 heavy (non-hydrogen) atoms. The summed E-state index contributed by atoms with van der Waals surface area (Å²) in [6.45, 7) is 2.40. The van der Waals surface area contributed by atoms with Crippen LogP contribution in [0.4, 0.5) is 0 Å². The molecule has 0 bridgehead atoms. The van der Waals surface area contributed by atoms with Gasteiger partial charge in [0, 0.05) is 18.1 Å². The highest BCUT2D eigenvalue weighted by atomic mass is 32.2. The van der Waals surface area contributed by atoms with Crippen LogP contribution in [0.1, 0.15) is 0 Å². The monoisotopic (exact) mass is 163 g/mol. The van der Waals surface area contributed by atoms with E-state index in [2.05, 4.69) is 19.4 Å². The van der Waals surface area contributed by atoms with E-state index >= 15 is 0 Å². The third-order valence-corrected chi connectivity index (χ3v) is 2.23. The number of rotatable bonds is 6. The quantitative estimate of drug-likeness (QED) is 0.493. The lowest BCUT2D eigenvalue weighted by Gasteiger charge is -2.05. The van der Waals surface area contributed by atoms with E-state index in [4.69, 9.17) is 0 Å². The van der Waals surface area contributed by atoms with Crippen molar-refractivity contribution in [1.29, 1.82) is 0 Å². The average molecular weight is 163 g/mol. The van der Waals surface area contributed by atoms with Crippen molar-refractivity contribution in [3.05, 3.63) is 0 Å². The molecule has 0 unspecified atom stereocenters. The molecule has 0 aliphatic heterocycles. The van der Waals surface area contributed by atoms with Gasteiger partial charge in [-0.15, -0.1) is 0 Å². The molecule has 0 fully saturated rings. The van der Waals surface area contributed by atoms with E-state index in [0.717, 1.165) is 6.54 Å². The topological polar surface area (TPSA) is 16.5 Å². The number of hydrogen-bond acceptors (Lipinski definition) is 2. The van der Waals surface area contributed by atoms with Gasteiger partial charge in [0.2, 0.25) is 0 Å². The van der Waals surface area contributed by atoms with Crippen molar-refractivity contribution in [3.8, 4) is 0 Å². The Labute approximate surface area is 68.4 Å². The molecule has 2 N–H and O–H groups in total. The van der Waals surface area contributed by atoms with Crippen LogP contribution in [-0.2, 0) is 0 Å². The highest BCUT2D eigenvalue weighted by molar-refractivity contribution is 7.99. The molecule has 0 aromatic heterocycles. The smallest absolute Gasteiger partial charge is 0.0858 e. The van der Waals surface area contributed by atoms with Crippen molar-refractivity contribution in [2.75, 3.05) is 45.7 Å². The summed E-state index contributed by atoms with van der Waals surface area (Å²) in [5.41, 5.74) is 0. The maximum atomic E-state index is 3.13. The summed E-state index contributed by atoms with van der Waals surface area (Å²) in [5.74, 6) is 2.52.